The summed E-state index contributed by atoms with van der Waals surface area (Å²) in [5.74, 6) is 0.464. The number of piperidine rings is 1. The van der Waals surface area contributed by atoms with Crippen molar-refractivity contribution >= 4 is 0 Å². The van der Waals surface area contributed by atoms with E-state index in [0.29, 0.717) is 18.5 Å². The SMILES string of the molecule is O=c1ccc(-c2ccncc2)nn1CC1CCN(C2CCC2O)CC1. The van der Waals surface area contributed by atoms with Gasteiger partial charge in [0.15, 0.2) is 0 Å². The molecule has 1 N–H and O–H groups in total. The summed E-state index contributed by atoms with van der Waals surface area (Å²) in [4.78, 5) is 18.6. The van der Waals surface area contributed by atoms with E-state index in [0.717, 1.165) is 50.0 Å². The van der Waals surface area contributed by atoms with Crippen LogP contribution in [0.15, 0.2) is 41.5 Å². The second-order valence-corrected chi connectivity index (χ2v) is 7.17. The monoisotopic (exact) mass is 340 g/mol. The topological polar surface area (TPSA) is 71.2 Å². The van der Waals surface area contributed by atoms with Crippen LogP contribution >= 0.6 is 0 Å². The van der Waals surface area contributed by atoms with Gasteiger partial charge in [0.05, 0.1) is 11.8 Å². The van der Waals surface area contributed by atoms with Crippen LogP contribution in [0.2, 0.25) is 0 Å². The molecular weight excluding hydrogens is 316 g/mol. The van der Waals surface area contributed by atoms with E-state index in [1.807, 2.05) is 12.1 Å². The Kier molecular flexibility index (Phi) is 4.63. The Morgan fingerprint density at radius 1 is 1.04 bits per heavy atom. The highest BCUT2D eigenvalue weighted by Gasteiger charge is 2.35. The van der Waals surface area contributed by atoms with Gasteiger partial charge in [-0.3, -0.25) is 14.7 Å². The van der Waals surface area contributed by atoms with Crippen LogP contribution in [0.3, 0.4) is 0 Å². The molecule has 25 heavy (non-hydrogen) atoms. The second kappa shape index (κ2) is 7.06. The fourth-order valence-electron chi connectivity index (χ4n) is 3.86. The second-order valence-electron chi connectivity index (χ2n) is 7.17. The zero-order valence-corrected chi connectivity index (χ0v) is 14.3. The van der Waals surface area contributed by atoms with Crippen molar-refractivity contribution in [2.75, 3.05) is 13.1 Å². The van der Waals surface area contributed by atoms with Crippen molar-refractivity contribution in [3.05, 3.63) is 47.0 Å². The predicted molar refractivity (Wildman–Crippen MR) is 95.1 cm³/mol. The first-order chi connectivity index (χ1) is 12.2. The first-order valence-electron chi connectivity index (χ1n) is 9.11. The highest BCUT2D eigenvalue weighted by atomic mass is 16.3. The summed E-state index contributed by atoms with van der Waals surface area (Å²) in [6, 6.07) is 7.54. The molecule has 1 saturated heterocycles. The number of hydrogen-bond donors (Lipinski definition) is 1. The van der Waals surface area contributed by atoms with Gasteiger partial charge in [-0.1, -0.05) is 0 Å². The fraction of sp³-hybridized carbons (Fsp3) is 0.526. The Bertz CT molecular complexity index is 768. The molecule has 6 heteroatoms. The summed E-state index contributed by atoms with van der Waals surface area (Å²) < 4.78 is 1.61. The minimum absolute atomic E-state index is 0.0466. The number of pyridine rings is 1. The molecule has 2 aromatic rings. The van der Waals surface area contributed by atoms with Crippen molar-refractivity contribution in [1.82, 2.24) is 19.7 Å². The van der Waals surface area contributed by atoms with Gasteiger partial charge >= 0.3 is 0 Å². The number of nitrogens with zero attached hydrogens (tertiary/aromatic N) is 4. The molecule has 1 aliphatic heterocycles. The van der Waals surface area contributed by atoms with E-state index in [9.17, 15) is 9.90 Å². The Labute approximate surface area is 147 Å². The van der Waals surface area contributed by atoms with E-state index in [1.165, 1.54) is 0 Å². The van der Waals surface area contributed by atoms with E-state index in [-0.39, 0.29) is 11.7 Å². The Morgan fingerprint density at radius 2 is 1.80 bits per heavy atom. The van der Waals surface area contributed by atoms with Crippen molar-refractivity contribution in [3.63, 3.8) is 0 Å². The lowest BCUT2D eigenvalue weighted by Gasteiger charge is -2.44. The number of rotatable bonds is 4. The Balaban J connectivity index is 1.42. The maximum absolute atomic E-state index is 12.2. The molecule has 2 aliphatic rings. The Morgan fingerprint density at radius 3 is 2.44 bits per heavy atom. The average Bonchev–Trinajstić information content (AvgIpc) is 2.64. The maximum atomic E-state index is 12.2. The predicted octanol–water partition coefficient (Wildman–Crippen LogP) is 1.54. The molecule has 0 radical (unpaired) electrons. The van der Waals surface area contributed by atoms with Crippen LogP contribution < -0.4 is 5.56 Å². The van der Waals surface area contributed by atoms with E-state index in [2.05, 4.69) is 15.0 Å². The molecule has 1 saturated carbocycles. The summed E-state index contributed by atoms with van der Waals surface area (Å²) in [5.41, 5.74) is 1.73. The molecule has 3 heterocycles. The summed E-state index contributed by atoms with van der Waals surface area (Å²) >= 11 is 0. The summed E-state index contributed by atoms with van der Waals surface area (Å²) in [7, 11) is 0. The quantitative estimate of drug-likeness (QED) is 0.914. The smallest absolute Gasteiger partial charge is 0.266 e. The third kappa shape index (κ3) is 3.50. The van der Waals surface area contributed by atoms with Gasteiger partial charge < -0.3 is 5.11 Å². The van der Waals surface area contributed by atoms with Gasteiger partial charge in [-0.25, -0.2) is 4.68 Å². The highest BCUT2D eigenvalue weighted by Crippen LogP contribution is 2.29. The lowest BCUT2D eigenvalue weighted by atomic mass is 9.85. The largest absolute Gasteiger partial charge is 0.391 e. The molecule has 2 unspecified atom stereocenters. The number of aromatic nitrogens is 3. The van der Waals surface area contributed by atoms with Gasteiger partial charge in [0.1, 0.15) is 0 Å². The highest BCUT2D eigenvalue weighted by molar-refractivity contribution is 5.56. The molecule has 0 spiro atoms. The van der Waals surface area contributed by atoms with Crippen LogP contribution in [0.4, 0.5) is 0 Å². The van der Waals surface area contributed by atoms with E-state index in [4.69, 9.17) is 0 Å². The van der Waals surface area contributed by atoms with Crippen LogP contribution in [-0.2, 0) is 6.54 Å². The summed E-state index contributed by atoms with van der Waals surface area (Å²) in [5, 5.41) is 14.4. The molecule has 0 aromatic carbocycles. The molecular formula is C19H24N4O2. The van der Waals surface area contributed by atoms with Gasteiger partial charge in [0.2, 0.25) is 0 Å². The van der Waals surface area contributed by atoms with Crippen molar-refractivity contribution in [3.8, 4) is 11.3 Å². The van der Waals surface area contributed by atoms with Gasteiger partial charge in [0, 0.05) is 36.6 Å². The number of aliphatic hydroxyl groups excluding tert-OH is 1. The number of aliphatic hydroxyl groups is 1. The molecule has 4 rings (SSSR count). The number of hydrogen-bond acceptors (Lipinski definition) is 5. The van der Waals surface area contributed by atoms with Crippen LogP contribution in [0.1, 0.15) is 25.7 Å². The van der Waals surface area contributed by atoms with Gasteiger partial charge in [0.25, 0.3) is 5.56 Å². The standard InChI is InChI=1S/C19H24N4O2/c24-18-3-2-17(18)22-11-7-14(8-12-22)13-23-19(25)4-1-16(21-23)15-5-9-20-10-6-15/h1,4-6,9-10,14,17-18,24H,2-3,7-8,11-13H2. The first-order valence-corrected chi connectivity index (χ1v) is 9.11. The van der Waals surface area contributed by atoms with Crippen LogP contribution in [0.25, 0.3) is 11.3 Å². The maximum Gasteiger partial charge on any atom is 0.266 e. The minimum atomic E-state index is -0.141. The summed E-state index contributed by atoms with van der Waals surface area (Å²) in [6.07, 6.45) is 7.48. The van der Waals surface area contributed by atoms with Crippen LogP contribution in [0.5, 0.6) is 0 Å². The lowest BCUT2D eigenvalue weighted by molar-refractivity contribution is -0.0348. The zero-order valence-electron chi connectivity index (χ0n) is 14.3. The van der Waals surface area contributed by atoms with E-state index >= 15 is 0 Å². The van der Waals surface area contributed by atoms with Crippen LogP contribution in [0, 0.1) is 5.92 Å². The van der Waals surface area contributed by atoms with Crippen molar-refractivity contribution in [1.29, 1.82) is 0 Å². The molecule has 6 nitrogen and oxygen atoms in total. The van der Waals surface area contributed by atoms with E-state index < -0.39 is 0 Å². The molecule has 2 fully saturated rings. The third-order valence-corrected chi connectivity index (χ3v) is 5.59. The summed E-state index contributed by atoms with van der Waals surface area (Å²) in [6.45, 7) is 2.68. The van der Waals surface area contributed by atoms with Crippen molar-refractivity contribution < 1.29 is 5.11 Å². The van der Waals surface area contributed by atoms with Crippen molar-refractivity contribution in [2.24, 2.45) is 5.92 Å². The molecule has 0 bridgehead atoms. The molecule has 1 aliphatic carbocycles. The Hall–Kier alpha value is -2.05. The van der Waals surface area contributed by atoms with Crippen LogP contribution in [-0.4, -0.2) is 50.0 Å². The fourth-order valence-corrected chi connectivity index (χ4v) is 3.86. The van der Waals surface area contributed by atoms with E-state index in [1.54, 1.807) is 29.2 Å². The average molecular weight is 340 g/mol. The third-order valence-electron chi connectivity index (χ3n) is 5.59. The molecule has 2 aromatic heterocycles. The lowest BCUT2D eigenvalue weighted by Crippen LogP contribution is -2.53. The normalized spacial score (nSPS) is 24.8. The first kappa shape index (κ1) is 16.4. The van der Waals surface area contributed by atoms with Crippen molar-refractivity contribution in [2.45, 2.75) is 44.4 Å². The minimum Gasteiger partial charge on any atom is -0.391 e. The molecule has 0 amide bonds. The van der Waals surface area contributed by atoms with Gasteiger partial charge in [-0.15, -0.1) is 0 Å². The molecule has 132 valence electrons. The molecule has 2 atom stereocenters. The number of likely N-dealkylation sites (tertiary alicyclic amines) is 1. The van der Waals surface area contributed by atoms with Gasteiger partial charge in [-0.2, -0.15) is 5.10 Å². The zero-order chi connectivity index (χ0) is 17.2. The van der Waals surface area contributed by atoms with Gasteiger partial charge in [-0.05, 0) is 62.9 Å².